The Morgan fingerprint density at radius 2 is 2.00 bits per heavy atom. The lowest BCUT2D eigenvalue weighted by molar-refractivity contribution is -0.139. The first-order valence-corrected chi connectivity index (χ1v) is 15.5. The van der Waals surface area contributed by atoms with Crippen LogP contribution in [0.15, 0.2) is 12.2 Å². The van der Waals surface area contributed by atoms with Crippen molar-refractivity contribution >= 4 is 23.3 Å². The predicted octanol–water partition coefficient (Wildman–Crippen LogP) is 4.42. The molecule has 0 aromatic heterocycles. The smallest absolute Gasteiger partial charge is 0.333 e. The van der Waals surface area contributed by atoms with Crippen LogP contribution in [-0.2, 0) is 18.4 Å². The van der Waals surface area contributed by atoms with Crippen LogP contribution in [0, 0.1) is 5.92 Å². The molecule has 2 aliphatic rings. The zero-order valence-electron chi connectivity index (χ0n) is 16.7. The second-order valence-corrected chi connectivity index (χ2v) is 16.4. The van der Waals surface area contributed by atoms with Crippen LogP contribution in [0.2, 0.25) is 31.7 Å². The van der Waals surface area contributed by atoms with Crippen molar-refractivity contribution in [2.75, 3.05) is 6.61 Å². The fourth-order valence-corrected chi connectivity index (χ4v) is 10.4. The standard InChI is InChI=1S/C19H36O4Si2/c1-14(2)19(20)21-12-11-16(24(3)23-25(4,5)6)9-7-15-8-10-17-18(13-15)22-17/h15-18,24H,1,7-13H2,2-6H3. The van der Waals surface area contributed by atoms with E-state index in [-0.39, 0.29) is 5.97 Å². The molecule has 2 fully saturated rings. The van der Waals surface area contributed by atoms with Crippen molar-refractivity contribution < 1.29 is 18.4 Å². The zero-order valence-corrected chi connectivity index (χ0v) is 18.8. The van der Waals surface area contributed by atoms with E-state index >= 15 is 0 Å². The van der Waals surface area contributed by atoms with Gasteiger partial charge in [0.15, 0.2) is 17.4 Å². The number of fused-ring (bicyclic) bond motifs is 1. The molecule has 1 aliphatic heterocycles. The third-order valence-corrected chi connectivity index (χ3v) is 11.6. The first-order valence-electron chi connectivity index (χ1n) is 9.81. The quantitative estimate of drug-likeness (QED) is 0.242. The van der Waals surface area contributed by atoms with Crippen molar-refractivity contribution in [3.05, 3.63) is 12.2 Å². The molecule has 5 atom stereocenters. The van der Waals surface area contributed by atoms with Gasteiger partial charge in [-0.2, -0.15) is 0 Å². The van der Waals surface area contributed by atoms with Gasteiger partial charge in [-0.05, 0) is 70.3 Å². The molecule has 25 heavy (non-hydrogen) atoms. The highest BCUT2D eigenvalue weighted by atomic mass is 28.4. The highest BCUT2D eigenvalue weighted by molar-refractivity contribution is 6.77. The Morgan fingerprint density at radius 3 is 2.60 bits per heavy atom. The monoisotopic (exact) mass is 384 g/mol. The van der Waals surface area contributed by atoms with Crippen molar-refractivity contribution in [3.8, 4) is 0 Å². The molecule has 2 rings (SSSR count). The van der Waals surface area contributed by atoms with Crippen LogP contribution in [0.5, 0.6) is 0 Å². The first-order chi connectivity index (χ1) is 11.7. The van der Waals surface area contributed by atoms with E-state index in [1.165, 1.54) is 32.1 Å². The van der Waals surface area contributed by atoms with Gasteiger partial charge in [0.25, 0.3) is 0 Å². The molecule has 0 N–H and O–H groups in total. The Kier molecular flexibility index (Phi) is 7.49. The van der Waals surface area contributed by atoms with E-state index in [9.17, 15) is 4.79 Å². The summed E-state index contributed by atoms with van der Waals surface area (Å²) in [4.78, 5) is 11.6. The van der Waals surface area contributed by atoms with Gasteiger partial charge in [-0.25, -0.2) is 4.79 Å². The van der Waals surface area contributed by atoms with Crippen LogP contribution in [0.1, 0.15) is 45.4 Å². The van der Waals surface area contributed by atoms with Crippen LogP contribution in [0.3, 0.4) is 0 Å². The highest BCUT2D eigenvalue weighted by Gasteiger charge is 2.43. The normalized spacial score (nSPS) is 28.0. The van der Waals surface area contributed by atoms with Crippen LogP contribution in [0.25, 0.3) is 0 Å². The maximum absolute atomic E-state index is 11.6. The van der Waals surface area contributed by atoms with Gasteiger partial charge in [0.1, 0.15) is 0 Å². The van der Waals surface area contributed by atoms with Crippen LogP contribution < -0.4 is 0 Å². The number of rotatable bonds is 10. The van der Waals surface area contributed by atoms with Crippen molar-refractivity contribution in [3.63, 3.8) is 0 Å². The molecule has 0 amide bonds. The van der Waals surface area contributed by atoms with Crippen molar-refractivity contribution in [2.45, 2.75) is 89.4 Å². The summed E-state index contributed by atoms with van der Waals surface area (Å²) in [5.74, 6) is 0.528. The number of epoxide rings is 1. The Balaban J connectivity index is 1.81. The van der Waals surface area contributed by atoms with E-state index in [1.54, 1.807) is 6.92 Å². The molecule has 1 aliphatic carbocycles. The van der Waals surface area contributed by atoms with Crippen molar-refractivity contribution in [2.24, 2.45) is 5.92 Å². The molecule has 0 aromatic rings. The minimum absolute atomic E-state index is 0.275. The molecule has 1 saturated heterocycles. The molecule has 1 saturated carbocycles. The lowest BCUT2D eigenvalue weighted by Gasteiger charge is -2.30. The molecule has 5 unspecified atom stereocenters. The van der Waals surface area contributed by atoms with E-state index < -0.39 is 17.4 Å². The maximum Gasteiger partial charge on any atom is 0.333 e. The van der Waals surface area contributed by atoms with Crippen molar-refractivity contribution in [1.29, 1.82) is 0 Å². The molecule has 144 valence electrons. The van der Waals surface area contributed by atoms with Gasteiger partial charge in [-0.3, -0.25) is 0 Å². The van der Waals surface area contributed by atoms with Crippen LogP contribution >= 0.6 is 0 Å². The number of esters is 1. The molecular weight excluding hydrogens is 348 g/mol. The van der Waals surface area contributed by atoms with E-state index in [0.717, 1.165) is 12.3 Å². The number of carbonyl (C=O) groups is 1. The summed E-state index contributed by atoms with van der Waals surface area (Å²) >= 11 is 0. The zero-order chi connectivity index (χ0) is 18.6. The third-order valence-electron chi connectivity index (χ3n) is 5.33. The average Bonchev–Trinajstić information content (AvgIpc) is 3.26. The average molecular weight is 385 g/mol. The summed E-state index contributed by atoms with van der Waals surface area (Å²) in [5.41, 5.74) is 1.05. The molecular formula is C19H36O4Si2. The third kappa shape index (κ3) is 7.37. The van der Waals surface area contributed by atoms with Gasteiger partial charge in [0, 0.05) is 5.57 Å². The minimum atomic E-state index is -1.51. The Bertz CT molecular complexity index is 475. The maximum atomic E-state index is 11.6. The minimum Gasteiger partial charge on any atom is -0.462 e. The SMILES string of the molecule is C=C(C)C(=O)OCCC(CCC1CCC2OC2C1)[SiH](C)O[Si](C)(C)C. The molecule has 0 aromatic carbocycles. The fraction of sp³-hybridized carbons (Fsp3) is 0.842. The lowest BCUT2D eigenvalue weighted by Crippen LogP contribution is -2.36. The Hall–Kier alpha value is -0.436. The second-order valence-electron chi connectivity index (χ2n) is 8.87. The molecule has 6 heteroatoms. The van der Waals surface area contributed by atoms with Crippen LogP contribution in [0.4, 0.5) is 0 Å². The number of hydrogen-bond acceptors (Lipinski definition) is 4. The topological polar surface area (TPSA) is 48.1 Å². The van der Waals surface area contributed by atoms with E-state index in [4.69, 9.17) is 13.6 Å². The molecule has 4 nitrogen and oxygen atoms in total. The summed E-state index contributed by atoms with van der Waals surface area (Å²) in [6.07, 6.45) is 8.32. The van der Waals surface area contributed by atoms with E-state index in [1.807, 2.05) is 0 Å². The second kappa shape index (κ2) is 8.97. The predicted molar refractivity (Wildman–Crippen MR) is 107 cm³/mol. The van der Waals surface area contributed by atoms with E-state index in [2.05, 4.69) is 32.8 Å². The summed E-state index contributed by atoms with van der Waals surface area (Å²) in [6.45, 7) is 14.9. The molecule has 0 bridgehead atoms. The number of carbonyl (C=O) groups excluding carboxylic acids is 1. The number of hydrogen-bond donors (Lipinski definition) is 0. The summed E-state index contributed by atoms with van der Waals surface area (Å²) in [7, 11) is -2.81. The van der Waals surface area contributed by atoms with Crippen molar-refractivity contribution in [1.82, 2.24) is 0 Å². The fourth-order valence-electron chi connectivity index (χ4n) is 3.89. The van der Waals surface area contributed by atoms with Crippen LogP contribution in [-0.4, -0.2) is 42.1 Å². The molecule has 0 spiro atoms. The summed E-state index contributed by atoms with van der Waals surface area (Å²) < 4.78 is 17.5. The molecule has 0 radical (unpaired) electrons. The van der Waals surface area contributed by atoms with Gasteiger partial charge in [0.05, 0.1) is 18.8 Å². The first kappa shape index (κ1) is 20.9. The van der Waals surface area contributed by atoms with Gasteiger partial charge < -0.3 is 13.6 Å². The highest BCUT2D eigenvalue weighted by Crippen LogP contribution is 2.42. The largest absolute Gasteiger partial charge is 0.462 e. The summed E-state index contributed by atoms with van der Waals surface area (Å²) in [6, 6.07) is 0. The Labute approximate surface area is 156 Å². The van der Waals surface area contributed by atoms with Gasteiger partial charge in [-0.1, -0.05) is 19.4 Å². The molecule has 1 heterocycles. The van der Waals surface area contributed by atoms with Gasteiger partial charge in [-0.15, -0.1) is 0 Å². The van der Waals surface area contributed by atoms with E-state index in [0.29, 0.717) is 29.9 Å². The number of ether oxygens (including phenoxy) is 2. The van der Waals surface area contributed by atoms with Gasteiger partial charge in [0.2, 0.25) is 0 Å². The summed E-state index contributed by atoms with van der Waals surface area (Å²) in [5, 5.41) is 0. The van der Waals surface area contributed by atoms with Gasteiger partial charge >= 0.3 is 5.97 Å². The lowest BCUT2D eigenvalue weighted by atomic mass is 9.85. The Morgan fingerprint density at radius 1 is 1.28 bits per heavy atom.